The van der Waals surface area contributed by atoms with E-state index in [1.165, 1.54) is 18.2 Å². The van der Waals surface area contributed by atoms with E-state index in [1.807, 2.05) is 0 Å². The molecule has 0 spiro atoms. The number of rotatable bonds is 3. The van der Waals surface area contributed by atoms with Gasteiger partial charge in [-0.3, -0.25) is 4.79 Å². The summed E-state index contributed by atoms with van der Waals surface area (Å²) < 4.78 is 10.6. The van der Waals surface area contributed by atoms with Gasteiger partial charge in [0.05, 0.1) is 22.9 Å². The number of ether oxygens (including phenoxy) is 2. The fraction of sp³-hybridized carbons (Fsp3) is 0.105. The fourth-order valence-corrected chi connectivity index (χ4v) is 3.03. The summed E-state index contributed by atoms with van der Waals surface area (Å²) in [4.78, 5) is 24.0. The minimum atomic E-state index is -1.43. The normalized spacial score (nSPS) is 16.8. The molecule has 0 fully saturated rings. The van der Waals surface area contributed by atoms with Gasteiger partial charge < -0.3 is 19.4 Å². The van der Waals surface area contributed by atoms with Crippen LogP contribution >= 0.6 is 11.6 Å². The van der Waals surface area contributed by atoms with Crippen molar-refractivity contribution in [1.29, 1.82) is 0 Å². The molecule has 2 aliphatic rings. The van der Waals surface area contributed by atoms with Gasteiger partial charge in [-0.05, 0) is 48.9 Å². The van der Waals surface area contributed by atoms with Gasteiger partial charge in [-0.1, -0.05) is 17.7 Å². The molecule has 27 heavy (non-hydrogen) atoms. The number of carboxylic acids is 1. The predicted octanol–water partition coefficient (Wildman–Crippen LogP) is 2.24. The van der Waals surface area contributed by atoms with Crippen molar-refractivity contribution in [2.45, 2.75) is 6.92 Å². The number of hydrogen-bond donors (Lipinski definition) is 0. The Kier molecular flexibility index (Phi) is 4.08. The van der Waals surface area contributed by atoms with Crippen LogP contribution in [0.4, 0.5) is 5.69 Å². The molecule has 0 bridgehead atoms. The number of halogens is 1. The maximum absolute atomic E-state index is 12.8. The number of carboxylic acid groups (broad SMARTS) is 1. The zero-order valence-electron chi connectivity index (χ0n) is 14.1. The summed E-state index contributed by atoms with van der Waals surface area (Å²) in [6.45, 7) is 1.87. The molecule has 1 amide bonds. The first kappa shape index (κ1) is 17.1. The number of hydrogen-bond acceptors (Lipinski definition) is 6. The first-order valence-electron chi connectivity index (χ1n) is 7.96. The maximum atomic E-state index is 12.8. The summed E-state index contributed by atoms with van der Waals surface area (Å²) in [5.41, 5.74) is 1.73. The van der Waals surface area contributed by atoms with Crippen LogP contribution in [0.3, 0.4) is 0 Å². The number of carbonyl (C=O) groups excluding carboxylic acids is 2. The number of carbonyl (C=O) groups is 2. The van der Waals surface area contributed by atoms with Gasteiger partial charge in [0.15, 0.2) is 11.5 Å². The van der Waals surface area contributed by atoms with Crippen molar-refractivity contribution in [2.75, 3.05) is 11.8 Å². The summed E-state index contributed by atoms with van der Waals surface area (Å²) >= 11 is 5.85. The highest BCUT2D eigenvalue weighted by Crippen LogP contribution is 2.34. The zero-order valence-corrected chi connectivity index (χ0v) is 14.8. The van der Waals surface area contributed by atoms with E-state index in [9.17, 15) is 14.7 Å². The van der Waals surface area contributed by atoms with Crippen molar-refractivity contribution >= 4 is 41.0 Å². The Balaban J connectivity index is 1.67. The topological polar surface area (TPSA) is 91.3 Å². The smallest absolute Gasteiger partial charge is 0.280 e. The summed E-state index contributed by atoms with van der Waals surface area (Å²) in [6.07, 6.45) is 1.69. The lowest BCUT2D eigenvalue weighted by atomic mass is 10.1. The highest BCUT2D eigenvalue weighted by atomic mass is 35.5. The Morgan fingerprint density at radius 3 is 2.78 bits per heavy atom. The van der Waals surface area contributed by atoms with Crippen LogP contribution < -0.4 is 19.6 Å². The van der Waals surface area contributed by atoms with E-state index in [2.05, 4.69) is 5.10 Å². The highest BCUT2D eigenvalue weighted by molar-refractivity contribution is 6.34. The van der Waals surface area contributed by atoms with E-state index in [4.69, 9.17) is 21.1 Å². The molecule has 136 valence electrons. The molecule has 0 saturated heterocycles. The van der Waals surface area contributed by atoms with E-state index < -0.39 is 5.97 Å². The van der Waals surface area contributed by atoms with Gasteiger partial charge >= 0.3 is 0 Å². The molecule has 0 atom stereocenters. The van der Waals surface area contributed by atoms with Gasteiger partial charge in [0, 0.05) is 10.6 Å². The second-order valence-electron chi connectivity index (χ2n) is 5.92. The largest absolute Gasteiger partial charge is 0.545 e. The van der Waals surface area contributed by atoms with Crippen molar-refractivity contribution in [3.05, 3.63) is 58.1 Å². The van der Waals surface area contributed by atoms with E-state index in [0.29, 0.717) is 22.8 Å². The third-order valence-corrected chi connectivity index (χ3v) is 4.51. The number of anilines is 1. The molecule has 0 radical (unpaired) electrons. The first-order valence-corrected chi connectivity index (χ1v) is 8.34. The SMILES string of the molecule is CC1=NN(c2ccc(Cl)c(C(=O)[O-])c2)C(=O)/C1=C\c1ccc2c(c1)OCO2. The monoisotopic (exact) mass is 383 g/mol. The van der Waals surface area contributed by atoms with Gasteiger partial charge in [-0.25, -0.2) is 0 Å². The van der Waals surface area contributed by atoms with Crippen LogP contribution in [0, 0.1) is 0 Å². The van der Waals surface area contributed by atoms with Crippen LogP contribution in [0.15, 0.2) is 47.1 Å². The molecular weight excluding hydrogens is 372 g/mol. The number of amides is 1. The van der Waals surface area contributed by atoms with Crippen LogP contribution in [0.5, 0.6) is 11.5 Å². The lowest BCUT2D eigenvalue weighted by Gasteiger charge is -2.14. The number of benzene rings is 2. The molecule has 2 aromatic rings. The van der Waals surface area contributed by atoms with Gasteiger partial charge in [0.2, 0.25) is 6.79 Å². The second-order valence-corrected chi connectivity index (χ2v) is 6.33. The van der Waals surface area contributed by atoms with Crippen LogP contribution in [0.2, 0.25) is 5.02 Å². The number of nitrogens with zero attached hydrogens (tertiary/aromatic N) is 2. The van der Waals surface area contributed by atoms with E-state index in [0.717, 1.165) is 10.6 Å². The minimum Gasteiger partial charge on any atom is -0.545 e. The molecule has 0 saturated carbocycles. The molecule has 7 nitrogen and oxygen atoms in total. The third-order valence-electron chi connectivity index (χ3n) is 4.18. The van der Waals surface area contributed by atoms with Gasteiger partial charge in [0.1, 0.15) is 0 Å². The number of fused-ring (bicyclic) bond motifs is 1. The average Bonchev–Trinajstić information content (AvgIpc) is 3.21. The molecule has 0 unspecified atom stereocenters. The van der Waals surface area contributed by atoms with Gasteiger partial charge in [-0.2, -0.15) is 10.1 Å². The summed E-state index contributed by atoms with van der Waals surface area (Å²) in [6, 6.07) is 9.52. The van der Waals surface area contributed by atoms with Crippen molar-refractivity contribution in [3.8, 4) is 11.5 Å². The molecule has 0 N–H and O–H groups in total. The van der Waals surface area contributed by atoms with Crippen molar-refractivity contribution in [3.63, 3.8) is 0 Å². The van der Waals surface area contributed by atoms with E-state index >= 15 is 0 Å². The van der Waals surface area contributed by atoms with Crippen molar-refractivity contribution in [1.82, 2.24) is 0 Å². The Morgan fingerprint density at radius 2 is 2.00 bits per heavy atom. The maximum Gasteiger partial charge on any atom is 0.280 e. The number of aromatic carboxylic acids is 1. The minimum absolute atomic E-state index is 0.0298. The summed E-state index contributed by atoms with van der Waals surface area (Å²) in [5, 5.41) is 16.6. The van der Waals surface area contributed by atoms with Crippen LogP contribution in [0.1, 0.15) is 22.8 Å². The summed E-state index contributed by atoms with van der Waals surface area (Å²) in [7, 11) is 0. The fourth-order valence-electron chi connectivity index (χ4n) is 2.83. The molecule has 2 heterocycles. The Bertz CT molecular complexity index is 1040. The second kappa shape index (κ2) is 6.44. The molecule has 0 aromatic heterocycles. The average molecular weight is 384 g/mol. The van der Waals surface area contributed by atoms with Gasteiger partial charge in [0.25, 0.3) is 5.91 Å². The molecular formula is C19H12ClN2O5-. The number of hydrazone groups is 1. The molecule has 2 aliphatic heterocycles. The van der Waals surface area contributed by atoms with Gasteiger partial charge in [-0.15, -0.1) is 0 Å². The molecule has 0 aliphatic carbocycles. The van der Waals surface area contributed by atoms with E-state index in [1.54, 1.807) is 31.2 Å². The molecule has 4 rings (SSSR count). The highest BCUT2D eigenvalue weighted by Gasteiger charge is 2.29. The Morgan fingerprint density at radius 1 is 1.22 bits per heavy atom. The predicted molar refractivity (Wildman–Crippen MR) is 96.9 cm³/mol. The van der Waals surface area contributed by atoms with Crippen molar-refractivity contribution in [2.24, 2.45) is 5.10 Å². The third kappa shape index (κ3) is 3.02. The van der Waals surface area contributed by atoms with Crippen LogP contribution in [0.25, 0.3) is 6.08 Å². The lowest BCUT2D eigenvalue weighted by molar-refractivity contribution is -0.255. The summed E-state index contributed by atoms with van der Waals surface area (Å²) in [5.74, 6) is -0.544. The zero-order chi connectivity index (χ0) is 19.1. The van der Waals surface area contributed by atoms with E-state index in [-0.39, 0.29) is 29.0 Å². The quantitative estimate of drug-likeness (QED) is 0.758. The first-order chi connectivity index (χ1) is 12.9. The van der Waals surface area contributed by atoms with Crippen LogP contribution in [-0.2, 0) is 4.79 Å². The lowest BCUT2D eigenvalue weighted by Crippen LogP contribution is -2.25. The Labute approximate surface area is 159 Å². The molecule has 2 aromatic carbocycles. The Hall–Kier alpha value is -3.32. The molecule has 8 heteroatoms. The standard InChI is InChI=1S/C19H13ClN2O5/c1-10-13(6-11-2-5-16-17(7-11)27-9-26-16)18(23)22(21-10)12-3-4-15(20)14(8-12)19(24)25/h2-8H,9H2,1H3,(H,24,25)/p-1/b13-6-. The van der Waals surface area contributed by atoms with Crippen molar-refractivity contribution < 1.29 is 24.2 Å². The van der Waals surface area contributed by atoms with Crippen LogP contribution in [-0.4, -0.2) is 24.4 Å².